The van der Waals surface area contributed by atoms with Gasteiger partial charge in [0.05, 0.1) is 33.5 Å². The number of nitrogens with zero attached hydrogens (tertiary/aromatic N) is 4. The lowest BCUT2D eigenvalue weighted by atomic mass is 10.2. The minimum atomic E-state index is -4.49. The van der Waals surface area contributed by atoms with E-state index in [1.807, 2.05) is 24.3 Å². The van der Waals surface area contributed by atoms with Crippen LogP contribution in [0.3, 0.4) is 0 Å². The number of rotatable bonds is 10. The van der Waals surface area contributed by atoms with Gasteiger partial charge in [-0.25, -0.2) is 18.4 Å². The maximum absolute atomic E-state index is 12.6. The molecule has 0 aliphatic carbocycles. The maximum Gasteiger partial charge on any atom is 0.422 e. The molecule has 0 fully saturated rings. The number of benzene rings is 2. The Hall–Kier alpha value is -4.84. The number of hydrogen-bond acceptors (Lipinski definition) is 9. The van der Waals surface area contributed by atoms with Gasteiger partial charge in [0.2, 0.25) is 15.0 Å². The molecule has 50 heavy (non-hydrogen) atoms. The number of fused-ring (bicyclic) bond motifs is 2. The van der Waals surface area contributed by atoms with Crippen molar-refractivity contribution in [2.24, 2.45) is 0 Å². The first-order chi connectivity index (χ1) is 23.6. The van der Waals surface area contributed by atoms with Crippen molar-refractivity contribution >= 4 is 43.7 Å². The minimum absolute atomic E-state index is 0.0628. The number of para-hydroxylation sites is 4. The molecule has 6 rings (SSSR count). The molecule has 10 nitrogen and oxygen atoms in total. The number of aromatic nitrogens is 6. The molecule has 2 aromatic carbocycles. The predicted molar refractivity (Wildman–Crippen MR) is 174 cm³/mol. The fraction of sp³-hybridized carbons (Fsp3) is 0.250. The second kappa shape index (κ2) is 15.0. The van der Waals surface area contributed by atoms with Crippen molar-refractivity contribution in [3.05, 3.63) is 95.6 Å². The molecule has 264 valence electrons. The molecule has 4 heterocycles. The highest BCUT2D eigenvalue weighted by Crippen LogP contribution is 2.29. The third-order valence-electron chi connectivity index (χ3n) is 7.00. The van der Waals surface area contributed by atoms with Gasteiger partial charge in [0, 0.05) is 29.3 Å². The number of pyridine rings is 2. The van der Waals surface area contributed by atoms with Crippen LogP contribution in [0, 0.1) is 13.8 Å². The zero-order valence-electron chi connectivity index (χ0n) is 26.3. The van der Waals surface area contributed by atoms with E-state index < -0.39 is 41.2 Å². The summed E-state index contributed by atoms with van der Waals surface area (Å²) in [6, 6.07) is 17.2. The van der Waals surface area contributed by atoms with Gasteiger partial charge < -0.3 is 19.4 Å². The molecule has 4 aromatic heterocycles. The van der Waals surface area contributed by atoms with Crippen molar-refractivity contribution < 1.29 is 44.2 Å². The lowest BCUT2D eigenvalue weighted by Gasteiger charge is -2.13. The third kappa shape index (κ3) is 9.65. The van der Waals surface area contributed by atoms with Crippen LogP contribution >= 0.6 is 11.8 Å². The topological polar surface area (TPSA) is 136 Å². The van der Waals surface area contributed by atoms with Crippen LogP contribution in [-0.4, -0.2) is 63.9 Å². The van der Waals surface area contributed by atoms with Crippen LogP contribution < -0.4 is 9.47 Å². The average molecular weight is 739 g/mol. The molecule has 18 heteroatoms. The summed E-state index contributed by atoms with van der Waals surface area (Å²) in [7, 11) is -3.86. The molecule has 0 bridgehead atoms. The normalized spacial score (nSPS) is 12.2. The van der Waals surface area contributed by atoms with Crippen LogP contribution in [0.1, 0.15) is 22.5 Å². The van der Waals surface area contributed by atoms with Gasteiger partial charge in [0.1, 0.15) is 17.3 Å². The summed E-state index contributed by atoms with van der Waals surface area (Å²) < 4.78 is 109. The van der Waals surface area contributed by atoms with E-state index in [1.54, 1.807) is 31.2 Å². The van der Waals surface area contributed by atoms with Gasteiger partial charge in [0.25, 0.3) is 0 Å². The Morgan fingerprint density at radius 3 is 1.74 bits per heavy atom. The Bertz CT molecular complexity index is 2140. The third-order valence-corrected chi connectivity index (χ3v) is 9.32. The Morgan fingerprint density at radius 2 is 1.20 bits per heavy atom. The van der Waals surface area contributed by atoms with Crippen molar-refractivity contribution in [1.82, 2.24) is 29.9 Å². The molecule has 6 aromatic rings. The summed E-state index contributed by atoms with van der Waals surface area (Å²) in [5.74, 6) is 0.103. The van der Waals surface area contributed by atoms with Crippen molar-refractivity contribution in [3.63, 3.8) is 0 Å². The van der Waals surface area contributed by atoms with E-state index in [4.69, 9.17) is 9.47 Å². The van der Waals surface area contributed by atoms with Gasteiger partial charge in [-0.3, -0.25) is 9.97 Å². The summed E-state index contributed by atoms with van der Waals surface area (Å²) >= 11 is 1.44. The van der Waals surface area contributed by atoms with Crippen molar-refractivity contribution in [2.45, 2.75) is 48.0 Å². The number of ether oxygens (including phenoxy) is 2. The highest BCUT2D eigenvalue weighted by molar-refractivity contribution is 7.98. The Morgan fingerprint density at radius 1 is 0.700 bits per heavy atom. The molecule has 0 atom stereocenters. The Labute approximate surface area is 285 Å². The zero-order chi connectivity index (χ0) is 36.1. The molecule has 0 aliphatic heterocycles. The fourth-order valence-electron chi connectivity index (χ4n) is 4.50. The molecule has 0 unspecified atom stereocenters. The largest absolute Gasteiger partial charge is 0.484 e. The quantitative estimate of drug-likeness (QED) is 0.107. The van der Waals surface area contributed by atoms with Crippen molar-refractivity contribution in [3.8, 4) is 11.5 Å². The second-order valence-electron chi connectivity index (χ2n) is 10.7. The van der Waals surface area contributed by atoms with Crippen LogP contribution in [0.15, 0.2) is 83.4 Å². The molecule has 0 saturated carbocycles. The number of hydrogen-bond donors (Lipinski definition) is 2. The number of thioether (sulfide) groups is 1. The van der Waals surface area contributed by atoms with E-state index in [1.165, 1.54) is 43.2 Å². The van der Waals surface area contributed by atoms with Gasteiger partial charge >= 0.3 is 12.4 Å². The van der Waals surface area contributed by atoms with Gasteiger partial charge in [-0.05, 0) is 50.2 Å². The smallest absolute Gasteiger partial charge is 0.422 e. The molecule has 0 saturated heterocycles. The first-order valence-corrected chi connectivity index (χ1v) is 17.2. The number of imidazole rings is 2. The standard InChI is InChI=1S/C16H14F3N3O3S.C16H14F3N3OS/c1-10-13(20-7-6-14(10)25-9-16(17,18)19)8-26(23,24)15-21-11-4-2-3-5-12(11)22-15;1-10-13(20-7-6-14(10)23-9-16(17,18)19)8-24-15-21-11-4-2-3-5-12(11)22-15/h2-7H,8-9H2,1H3,(H,21,22);2-7H,8-9H2,1H3,(H,21,22). The van der Waals surface area contributed by atoms with Crippen LogP contribution in [0.4, 0.5) is 26.3 Å². The first-order valence-electron chi connectivity index (χ1n) is 14.6. The zero-order valence-corrected chi connectivity index (χ0v) is 27.9. The number of aromatic amines is 2. The average Bonchev–Trinajstić information content (AvgIpc) is 3.68. The van der Waals surface area contributed by atoms with E-state index in [0.717, 1.165) is 16.2 Å². The summed E-state index contributed by atoms with van der Waals surface area (Å²) in [6.45, 7) is 0.386. The highest BCUT2D eigenvalue weighted by Gasteiger charge is 2.30. The number of nitrogens with one attached hydrogen (secondary N) is 2. The fourth-order valence-corrected chi connectivity index (χ4v) is 6.70. The number of halogens is 6. The summed E-state index contributed by atoms with van der Waals surface area (Å²) in [5, 5.41) is 0.514. The Kier molecular flexibility index (Phi) is 10.9. The SMILES string of the molecule is Cc1c(OCC(F)(F)F)ccnc1CS(=O)(=O)c1nc2ccccc2[nH]1.Cc1c(OCC(F)(F)F)ccnc1CSc1nc2ccccc2[nH]1. The molecular weight excluding hydrogens is 711 g/mol. The molecular formula is C32H28F6N6O4S2. The van der Waals surface area contributed by atoms with E-state index in [-0.39, 0.29) is 27.9 Å². The lowest BCUT2D eigenvalue weighted by molar-refractivity contribution is -0.154. The summed E-state index contributed by atoms with van der Waals surface area (Å²) in [5.41, 5.74) is 4.47. The summed E-state index contributed by atoms with van der Waals surface area (Å²) in [6.07, 6.45) is -6.19. The maximum atomic E-state index is 12.6. The number of alkyl halides is 6. The van der Waals surface area contributed by atoms with Crippen LogP contribution in [-0.2, 0) is 21.3 Å². The van der Waals surface area contributed by atoms with Gasteiger partial charge in [-0.2, -0.15) is 26.3 Å². The van der Waals surface area contributed by atoms with E-state index in [9.17, 15) is 34.8 Å². The van der Waals surface area contributed by atoms with Gasteiger partial charge in [-0.15, -0.1) is 0 Å². The van der Waals surface area contributed by atoms with Crippen LogP contribution in [0.5, 0.6) is 11.5 Å². The number of H-pyrrole nitrogens is 2. The van der Waals surface area contributed by atoms with Crippen molar-refractivity contribution in [1.29, 1.82) is 0 Å². The second-order valence-corrected chi connectivity index (χ2v) is 13.6. The summed E-state index contributed by atoms with van der Waals surface area (Å²) in [4.78, 5) is 22.6. The van der Waals surface area contributed by atoms with Gasteiger partial charge in [-0.1, -0.05) is 36.0 Å². The number of sulfone groups is 1. The molecule has 0 spiro atoms. The van der Waals surface area contributed by atoms with E-state index in [0.29, 0.717) is 28.0 Å². The highest BCUT2D eigenvalue weighted by atomic mass is 32.2. The van der Waals surface area contributed by atoms with Gasteiger partial charge in [0.15, 0.2) is 18.4 Å². The van der Waals surface area contributed by atoms with Crippen molar-refractivity contribution in [2.75, 3.05) is 13.2 Å². The van der Waals surface area contributed by atoms with E-state index >= 15 is 0 Å². The minimum Gasteiger partial charge on any atom is -0.484 e. The van der Waals surface area contributed by atoms with Crippen LogP contribution in [0.2, 0.25) is 0 Å². The lowest BCUT2D eigenvalue weighted by Crippen LogP contribution is -2.20. The molecule has 0 radical (unpaired) electrons. The molecule has 0 amide bonds. The molecule has 0 aliphatic rings. The molecule has 2 N–H and O–H groups in total. The Balaban J connectivity index is 0.000000195. The van der Waals surface area contributed by atoms with E-state index in [2.05, 4.69) is 29.9 Å². The first kappa shape index (κ1) is 36.4. The van der Waals surface area contributed by atoms with Crippen LogP contribution in [0.25, 0.3) is 22.1 Å². The monoisotopic (exact) mass is 738 g/mol. The predicted octanol–water partition coefficient (Wildman–Crippen LogP) is 7.68.